The maximum absolute atomic E-state index is 13.0. The average Bonchev–Trinajstić information content (AvgIpc) is 3.10. The summed E-state index contributed by atoms with van der Waals surface area (Å²) >= 11 is 0. The van der Waals surface area contributed by atoms with E-state index < -0.39 is 0 Å². The maximum atomic E-state index is 13.0. The number of aryl methyl sites for hydroxylation is 1. The van der Waals surface area contributed by atoms with Crippen molar-refractivity contribution < 1.29 is 9.59 Å². The molecule has 3 aromatic rings. The molecular formula is C25H29N5O2. The third-order valence-electron chi connectivity index (χ3n) is 5.87. The Morgan fingerprint density at radius 1 is 0.969 bits per heavy atom. The van der Waals surface area contributed by atoms with E-state index in [1.165, 1.54) is 0 Å². The van der Waals surface area contributed by atoms with Crippen molar-refractivity contribution in [1.82, 2.24) is 20.0 Å². The third kappa shape index (κ3) is 5.06. The molecule has 7 heteroatoms. The maximum Gasteiger partial charge on any atom is 0.255 e. The number of benzene rings is 2. The van der Waals surface area contributed by atoms with E-state index in [0.717, 1.165) is 48.7 Å². The van der Waals surface area contributed by atoms with Gasteiger partial charge in [-0.25, -0.2) is 4.68 Å². The predicted octanol–water partition coefficient (Wildman–Crippen LogP) is 3.32. The SMILES string of the molecule is Cc1nn(-c2ccccc2)c(C)c1C(=O)NC1CCN(CC(=O)Nc2ccccc2)CC1. The molecule has 2 aromatic carbocycles. The number of para-hydroxylation sites is 2. The van der Waals surface area contributed by atoms with E-state index >= 15 is 0 Å². The molecule has 1 aliphatic rings. The van der Waals surface area contributed by atoms with Gasteiger partial charge in [0.2, 0.25) is 5.91 Å². The van der Waals surface area contributed by atoms with Gasteiger partial charge in [-0.1, -0.05) is 36.4 Å². The molecule has 0 aliphatic carbocycles. The van der Waals surface area contributed by atoms with Gasteiger partial charge in [0.05, 0.1) is 29.2 Å². The molecule has 1 aromatic heterocycles. The number of likely N-dealkylation sites (tertiary alicyclic amines) is 1. The molecule has 4 rings (SSSR count). The van der Waals surface area contributed by atoms with Gasteiger partial charge in [-0.3, -0.25) is 14.5 Å². The van der Waals surface area contributed by atoms with Gasteiger partial charge >= 0.3 is 0 Å². The van der Waals surface area contributed by atoms with Crippen LogP contribution in [0.1, 0.15) is 34.6 Å². The van der Waals surface area contributed by atoms with Crippen molar-refractivity contribution in [3.05, 3.63) is 77.6 Å². The lowest BCUT2D eigenvalue weighted by Gasteiger charge is -2.31. The number of hydrogen-bond donors (Lipinski definition) is 2. The van der Waals surface area contributed by atoms with Crippen LogP contribution < -0.4 is 10.6 Å². The van der Waals surface area contributed by atoms with Crippen molar-refractivity contribution in [2.75, 3.05) is 25.0 Å². The summed E-state index contributed by atoms with van der Waals surface area (Å²) in [6.07, 6.45) is 1.63. The molecule has 166 valence electrons. The van der Waals surface area contributed by atoms with Crippen LogP contribution in [0.2, 0.25) is 0 Å². The smallest absolute Gasteiger partial charge is 0.255 e. The van der Waals surface area contributed by atoms with Crippen LogP contribution in [0.3, 0.4) is 0 Å². The van der Waals surface area contributed by atoms with Gasteiger partial charge in [0.25, 0.3) is 5.91 Å². The first-order valence-electron chi connectivity index (χ1n) is 11.0. The van der Waals surface area contributed by atoms with Crippen LogP contribution in [0.25, 0.3) is 5.69 Å². The van der Waals surface area contributed by atoms with Crippen molar-refractivity contribution in [2.24, 2.45) is 0 Å². The molecule has 0 atom stereocenters. The van der Waals surface area contributed by atoms with Crippen LogP contribution in [-0.2, 0) is 4.79 Å². The highest BCUT2D eigenvalue weighted by molar-refractivity contribution is 5.96. The summed E-state index contributed by atoms with van der Waals surface area (Å²) in [7, 11) is 0. The highest BCUT2D eigenvalue weighted by Crippen LogP contribution is 2.19. The number of anilines is 1. The molecule has 2 N–H and O–H groups in total. The van der Waals surface area contributed by atoms with Crippen LogP contribution >= 0.6 is 0 Å². The number of nitrogens with one attached hydrogen (secondary N) is 2. The van der Waals surface area contributed by atoms with Crippen LogP contribution in [0.5, 0.6) is 0 Å². The Hall–Kier alpha value is -3.45. The number of nitrogens with zero attached hydrogens (tertiary/aromatic N) is 3. The summed E-state index contributed by atoms with van der Waals surface area (Å²) in [5.41, 5.74) is 3.94. The molecule has 0 saturated carbocycles. The fraction of sp³-hybridized carbons (Fsp3) is 0.320. The Balaban J connectivity index is 1.30. The highest BCUT2D eigenvalue weighted by atomic mass is 16.2. The Morgan fingerprint density at radius 3 is 2.25 bits per heavy atom. The van der Waals surface area contributed by atoms with Crippen molar-refractivity contribution in [3.63, 3.8) is 0 Å². The molecule has 32 heavy (non-hydrogen) atoms. The van der Waals surface area contributed by atoms with E-state index in [4.69, 9.17) is 0 Å². The molecule has 7 nitrogen and oxygen atoms in total. The first kappa shape index (κ1) is 21.8. The number of aromatic nitrogens is 2. The number of piperidine rings is 1. The first-order chi connectivity index (χ1) is 15.5. The van der Waals surface area contributed by atoms with Crippen LogP contribution in [0.4, 0.5) is 5.69 Å². The Labute approximate surface area is 188 Å². The van der Waals surface area contributed by atoms with E-state index in [2.05, 4.69) is 20.6 Å². The highest BCUT2D eigenvalue weighted by Gasteiger charge is 2.25. The summed E-state index contributed by atoms with van der Waals surface area (Å²) in [6, 6.07) is 19.4. The van der Waals surface area contributed by atoms with E-state index in [1.807, 2.05) is 79.2 Å². The molecular weight excluding hydrogens is 402 g/mol. The molecule has 1 aliphatic heterocycles. The molecule has 0 radical (unpaired) electrons. The molecule has 2 amide bonds. The fourth-order valence-corrected chi connectivity index (χ4v) is 4.21. The van der Waals surface area contributed by atoms with E-state index in [-0.39, 0.29) is 17.9 Å². The van der Waals surface area contributed by atoms with Crippen LogP contribution in [0.15, 0.2) is 60.7 Å². The van der Waals surface area contributed by atoms with E-state index in [1.54, 1.807) is 0 Å². The van der Waals surface area contributed by atoms with Crippen molar-refractivity contribution in [2.45, 2.75) is 32.7 Å². The second kappa shape index (κ2) is 9.78. The molecule has 1 fully saturated rings. The van der Waals surface area contributed by atoms with Gasteiger partial charge in [0.1, 0.15) is 0 Å². The second-order valence-electron chi connectivity index (χ2n) is 8.23. The zero-order valence-corrected chi connectivity index (χ0v) is 18.5. The summed E-state index contributed by atoms with van der Waals surface area (Å²) in [4.78, 5) is 27.4. The third-order valence-corrected chi connectivity index (χ3v) is 5.87. The van der Waals surface area contributed by atoms with Crippen molar-refractivity contribution in [3.8, 4) is 5.69 Å². The monoisotopic (exact) mass is 431 g/mol. The fourth-order valence-electron chi connectivity index (χ4n) is 4.21. The summed E-state index contributed by atoms with van der Waals surface area (Å²) < 4.78 is 1.82. The minimum Gasteiger partial charge on any atom is -0.349 e. The standard InChI is InChI=1S/C25H29N5O2/c1-18-24(19(2)30(28-18)22-11-7-4-8-12-22)25(32)27-21-13-15-29(16-14-21)17-23(31)26-20-9-5-3-6-10-20/h3-12,21H,13-17H2,1-2H3,(H,26,31)(H,27,32). The molecule has 1 saturated heterocycles. The number of carbonyl (C=O) groups excluding carboxylic acids is 2. The Bertz CT molecular complexity index is 1070. The summed E-state index contributed by atoms with van der Waals surface area (Å²) in [6.45, 7) is 5.70. The molecule has 2 heterocycles. The van der Waals surface area contributed by atoms with Gasteiger partial charge in [-0.2, -0.15) is 5.10 Å². The van der Waals surface area contributed by atoms with Gasteiger partial charge in [0, 0.05) is 24.8 Å². The predicted molar refractivity (Wildman–Crippen MR) is 125 cm³/mol. The van der Waals surface area contributed by atoms with Crippen LogP contribution in [-0.4, -0.2) is 52.2 Å². The first-order valence-corrected chi connectivity index (χ1v) is 11.0. The molecule has 0 bridgehead atoms. The molecule has 0 unspecified atom stereocenters. The minimum atomic E-state index is -0.0811. The second-order valence-corrected chi connectivity index (χ2v) is 8.23. The van der Waals surface area contributed by atoms with Crippen LogP contribution in [0, 0.1) is 13.8 Å². The Morgan fingerprint density at radius 2 is 1.59 bits per heavy atom. The summed E-state index contributed by atoms with van der Waals surface area (Å²) in [5, 5.41) is 10.7. The lowest BCUT2D eigenvalue weighted by molar-refractivity contribution is -0.117. The largest absolute Gasteiger partial charge is 0.349 e. The average molecular weight is 432 g/mol. The Kier molecular flexibility index (Phi) is 6.66. The van der Waals surface area contributed by atoms with E-state index in [0.29, 0.717) is 12.1 Å². The normalized spacial score (nSPS) is 14.8. The number of hydrogen-bond acceptors (Lipinski definition) is 4. The number of amides is 2. The van der Waals surface area contributed by atoms with Crippen molar-refractivity contribution in [1.29, 1.82) is 0 Å². The van der Waals surface area contributed by atoms with Crippen molar-refractivity contribution >= 4 is 17.5 Å². The number of carbonyl (C=O) groups is 2. The van der Waals surface area contributed by atoms with E-state index in [9.17, 15) is 9.59 Å². The molecule has 0 spiro atoms. The topological polar surface area (TPSA) is 79.3 Å². The lowest BCUT2D eigenvalue weighted by atomic mass is 10.0. The van der Waals surface area contributed by atoms with Gasteiger partial charge < -0.3 is 10.6 Å². The zero-order valence-electron chi connectivity index (χ0n) is 18.5. The number of rotatable bonds is 6. The van der Waals surface area contributed by atoms with Gasteiger partial charge in [-0.05, 0) is 51.0 Å². The minimum absolute atomic E-state index is 0.0155. The quantitative estimate of drug-likeness (QED) is 0.628. The summed E-state index contributed by atoms with van der Waals surface area (Å²) in [5.74, 6) is -0.0966. The lowest BCUT2D eigenvalue weighted by Crippen LogP contribution is -2.46. The zero-order chi connectivity index (χ0) is 22.5. The van der Waals surface area contributed by atoms with Gasteiger partial charge in [-0.15, -0.1) is 0 Å². The van der Waals surface area contributed by atoms with Gasteiger partial charge in [0.15, 0.2) is 0 Å².